The second-order valence-corrected chi connectivity index (χ2v) is 8.68. The van der Waals surface area contributed by atoms with Crippen LogP contribution in [-0.2, 0) is 9.53 Å². The maximum atomic E-state index is 13.8. The number of rotatable bonds is 14. The van der Waals surface area contributed by atoms with Crippen LogP contribution in [0.2, 0.25) is 0 Å². The predicted octanol–water partition coefficient (Wildman–Crippen LogP) is 6.83. The van der Waals surface area contributed by atoms with Gasteiger partial charge in [0.05, 0.1) is 0 Å². The van der Waals surface area contributed by atoms with Crippen LogP contribution in [0.25, 0.3) is 22.5 Å². The molecule has 6 nitrogen and oxygen atoms in total. The Morgan fingerprint density at radius 2 is 1.47 bits per heavy atom. The molecule has 0 radical (unpaired) electrons. The van der Waals surface area contributed by atoms with E-state index in [-0.39, 0.29) is 6.61 Å². The second kappa shape index (κ2) is 14.3. The van der Waals surface area contributed by atoms with Crippen molar-refractivity contribution in [1.82, 2.24) is 9.97 Å². The van der Waals surface area contributed by atoms with E-state index in [2.05, 4.69) is 16.9 Å². The second-order valence-electron chi connectivity index (χ2n) is 8.68. The first-order chi connectivity index (χ1) is 17.5. The molecule has 2 aromatic carbocycles. The Kier molecular flexibility index (Phi) is 10.8. The van der Waals surface area contributed by atoms with E-state index >= 15 is 0 Å². The lowest BCUT2D eigenvalue weighted by molar-refractivity contribution is -0.146. The number of carbonyl (C=O) groups is 1. The van der Waals surface area contributed by atoms with Crippen molar-refractivity contribution < 1.29 is 23.4 Å². The summed E-state index contributed by atoms with van der Waals surface area (Å²) >= 11 is 0. The van der Waals surface area contributed by atoms with Crippen LogP contribution in [0.15, 0.2) is 60.9 Å². The van der Waals surface area contributed by atoms with Crippen LogP contribution in [0.5, 0.6) is 11.5 Å². The average Bonchev–Trinajstić information content (AvgIpc) is 2.91. The highest BCUT2D eigenvalue weighted by Gasteiger charge is 2.16. The molecule has 0 bridgehead atoms. The Morgan fingerprint density at radius 1 is 0.861 bits per heavy atom. The number of nitrogens with zero attached hydrogens (tertiary/aromatic N) is 2. The molecule has 0 N–H and O–H groups in total. The maximum Gasteiger partial charge on any atom is 0.340 e. The normalized spacial score (nSPS) is 12.7. The first-order valence-electron chi connectivity index (χ1n) is 12.6. The summed E-state index contributed by atoms with van der Waals surface area (Å²) in [6.07, 6.45) is 6.22. The van der Waals surface area contributed by atoms with Gasteiger partial charge < -0.3 is 14.2 Å². The summed E-state index contributed by atoms with van der Waals surface area (Å²) in [5, 5.41) is 0. The van der Waals surface area contributed by atoms with Crippen molar-refractivity contribution in [1.29, 1.82) is 0 Å². The molecule has 1 heterocycles. The molecule has 0 amide bonds. The van der Waals surface area contributed by atoms with Crippen molar-refractivity contribution in [2.75, 3.05) is 13.2 Å². The molecule has 0 saturated heterocycles. The van der Waals surface area contributed by atoms with Gasteiger partial charge in [0.15, 0.2) is 11.9 Å². The third-order valence-corrected chi connectivity index (χ3v) is 5.67. The monoisotopic (exact) mass is 494 g/mol. The minimum Gasteiger partial charge on any atom is -0.491 e. The molecular formula is C29H35FN2O4. The number of alkyl halides is 1. The van der Waals surface area contributed by atoms with Crippen LogP contribution >= 0.6 is 0 Å². The van der Waals surface area contributed by atoms with Gasteiger partial charge in [0, 0.05) is 30.1 Å². The molecule has 1 aromatic heterocycles. The van der Waals surface area contributed by atoms with E-state index in [1.807, 2.05) is 31.2 Å². The molecule has 3 rings (SSSR count). The highest BCUT2D eigenvalue weighted by molar-refractivity contribution is 5.77. The van der Waals surface area contributed by atoms with Crippen molar-refractivity contribution in [2.24, 2.45) is 0 Å². The topological polar surface area (TPSA) is 70.5 Å². The summed E-state index contributed by atoms with van der Waals surface area (Å²) < 4.78 is 30.2. The van der Waals surface area contributed by atoms with E-state index in [9.17, 15) is 9.18 Å². The Labute approximate surface area is 212 Å². The van der Waals surface area contributed by atoms with Gasteiger partial charge in [-0.15, -0.1) is 0 Å². The van der Waals surface area contributed by atoms with Crippen LogP contribution in [0.1, 0.15) is 52.9 Å². The van der Waals surface area contributed by atoms with Gasteiger partial charge in [-0.25, -0.2) is 19.2 Å². The summed E-state index contributed by atoms with van der Waals surface area (Å²) in [6.45, 7) is 6.41. The Balaban J connectivity index is 1.54. The lowest BCUT2D eigenvalue weighted by Gasteiger charge is -2.12. The largest absolute Gasteiger partial charge is 0.491 e. The van der Waals surface area contributed by atoms with Gasteiger partial charge in [-0.2, -0.15) is 0 Å². The smallest absolute Gasteiger partial charge is 0.340 e. The SMILES string of the molecule is CCCCO[C@H](C)C(=O)Oc1ccc(-c2cnc(-c3ccc(OC[C@@H](F)CCCC)cc3)nc2)cc1. The number of benzene rings is 2. The van der Waals surface area contributed by atoms with E-state index in [1.165, 1.54) is 0 Å². The summed E-state index contributed by atoms with van der Waals surface area (Å²) in [7, 11) is 0. The Morgan fingerprint density at radius 3 is 2.11 bits per heavy atom. The quantitative estimate of drug-likeness (QED) is 0.139. The number of hydrogen-bond acceptors (Lipinski definition) is 6. The lowest BCUT2D eigenvalue weighted by Crippen LogP contribution is -2.26. The first-order valence-corrected chi connectivity index (χ1v) is 12.6. The molecule has 36 heavy (non-hydrogen) atoms. The molecule has 0 aliphatic rings. The Hall–Kier alpha value is -3.32. The van der Waals surface area contributed by atoms with Crippen molar-refractivity contribution in [2.45, 2.75) is 65.2 Å². The van der Waals surface area contributed by atoms with Gasteiger partial charge in [0.25, 0.3) is 0 Å². The van der Waals surface area contributed by atoms with Crippen molar-refractivity contribution in [3.63, 3.8) is 0 Å². The molecule has 0 spiro atoms. The molecule has 0 unspecified atom stereocenters. The number of ether oxygens (including phenoxy) is 3. The molecule has 0 fully saturated rings. The third-order valence-electron chi connectivity index (χ3n) is 5.67. The van der Waals surface area contributed by atoms with Gasteiger partial charge >= 0.3 is 5.97 Å². The average molecular weight is 495 g/mol. The number of unbranched alkanes of at least 4 members (excludes halogenated alkanes) is 2. The van der Waals surface area contributed by atoms with Crippen molar-refractivity contribution in [3.8, 4) is 34.0 Å². The van der Waals surface area contributed by atoms with Crippen LogP contribution < -0.4 is 9.47 Å². The van der Waals surface area contributed by atoms with Gasteiger partial charge in [0.1, 0.15) is 24.3 Å². The molecule has 7 heteroatoms. The summed E-state index contributed by atoms with van der Waals surface area (Å²) in [5.41, 5.74) is 2.59. The van der Waals surface area contributed by atoms with E-state index in [1.54, 1.807) is 43.6 Å². The summed E-state index contributed by atoms with van der Waals surface area (Å²) in [6, 6.07) is 14.5. The zero-order valence-electron chi connectivity index (χ0n) is 21.3. The lowest BCUT2D eigenvalue weighted by atomic mass is 10.1. The number of halogens is 1. The molecular weight excluding hydrogens is 459 g/mol. The zero-order valence-corrected chi connectivity index (χ0v) is 21.3. The fourth-order valence-electron chi connectivity index (χ4n) is 3.41. The first kappa shape index (κ1) is 27.3. The molecule has 2 atom stereocenters. The van der Waals surface area contributed by atoms with Gasteiger partial charge in [-0.05, 0) is 61.7 Å². The van der Waals surface area contributed by atoms with Crippen molar-refractivity contribution in [3.05, 3.63) is 60.9 Å². The minimum absolute atomic E-state index is 0.0638. The number of hydrogen-bond donors (Lipinski definition) is 0. The van der Waals surface area contributed by atoms with E-state index in [0.29, 0.717) is 30.4 Å². The van der Waals surface area contributed by atoms with Gasteiger partial charge in [-0.3, -0.25) is 0 Å². The highest BCUT2D eigenvalue weighted by Crippen LogP contribution is 2.24. The fraction of sp³-hybridized carbons (Fsp3) is 0.414. The van der Waals surface area contributed by atoms with Crippen LogP contribution in [0.3, 0.4) is 0 Å². The minimum atomic E-state index is -0.949. The van der Waals surface area contributed by atoms with Crippen LogP contribution in [-0.4, -0.2) is 41.4 Å². The van der Waals surface area contributed by atoms with Gasteiger partial charge in [-0.1, -0.05) is 45.2 Å². The molecule has 0 aliphatic carbocycles. The van der Waals surface area contributed by atoms with Gasteiger partial charge in [0.2, 0.25) is 0 Å². The standard InChI is InChI=1S/C29H35FN2O4/c1-4-6-8-25(30)20-35-26-13-11-23(12-14-26)28-31-18-24(19-32-28)22-9-15-27(16-10-22)36-29(33)21(3)34-17-7-5-2/h9-16,18-19,21,25H,4-8,17,20H2,1-3H3/t21-,25+/m1/s1. The summed E-state index contributed by atoms with van der Waals surface area (Å²) in [5.74, 6) is 1.25. The zero-order chi connectivity index (χ0) is 25.8. The third kappa shape index (κ3) is 8.41. The molecule has 0 saturated carbocycles. The number of aromatic nitrogens is 2. The van der Waals surface area contributed by atoms with E-state index < -0.39 is 18.2 Å². The maximum absolute atomic E-state index is 13.8. The Bertz CT molecular complexity index is 1060. The predicted molar refractivity (Wildman–Crippen MR) is 139 cm³/mol. The van der Waals surface area contributed by atoms with Crippen molar-refractivity contribution >= 4 is 5.97 Å². The fourth-order valence-corrected chi connectivity index (χ4v) is 3.41. The highest BCUT2D eigenvalue weighted by atomic mass is 19.1. The van der Waals surface area contributed by atoms with E-state index in [0.717, 1.165) is 42.4 Å². The van der Waals surface area contributed by atoms with E-state index in [4.69, 9.17) is 14.2 Å². The molecule has 0 aliphatic heterocycles. The number of carbonyl (C=O) groups excluding carboxylic acids is 1. The molecule has 192 valence electrons. The van der Waals surface area contributed by atoms with Crippen LogP contribution in [0.4, 0.5) is 4.39 Å². The molecule has 3 aromatic rings. The number of esters is 1. The summed E-state index contributed by atoms with van der Waals surface area (Å²) in [4.78, 5) is 21.1. The van der Waals surface area contributed by atoms with Crippen LogP contribution in [0, 0.1) is 0 Å².